The Morgan fingerprint density at radius 3 is 0.792 bits per heavy atom. The lowest BCUT2D eigenvalue weighted by Crippen LogP contribution is -2.52. The predicted octanol–water partition coefficient (Wildman–Crippen LogP) is 6.06. The quantitative estimate of drug-likeness (QED) is 0.565. The fourth-order valence-corrected chi connectivity index (χ4v) is 3.13. The second kappa shape index (κ2) is 7.93. The van der Waals surface area contributed by atoms with Gasteiger partial charge in [-0.05, 0) is 33.9 Å². The number of rotatable bonds is 4. The first kappa shape index (κ1) is 23.7. The van der Waals surface area contributed by atoms with Gasteiger partial charge >= 0.3 is 0 Å². The van der Waals surface area contributed by atoms with Crippen LogP contribution >= 0.6 is 12.2 Å². The van der Waals surface area contributed by atoms with Gasteiger partial charge in [0.25, 0.3) is 0 Å². The molecule has 24 heavy (non-hydrogen) atoms. The summed E-state index contributed by atoms with van der Waals surface area (Å²) in [6.45, 7) is 31.5. The molecule has 0 saturated heterocycles. The van der Waals surface area contributed by atoms with Crippen molar-refractivity contribution in [3.63, 3.8) is 0 Å². The SMILES string of the molecule is CC(C)(C)CN(CC(C)(C)C)C(=S)N(CC(C)(C)C)CC(C)(C)C. The molecular formula is C21H44N2S. The van der Waals surface area contributed by atoms with Gasteiger partial charge in [0.05, 0.1) is 0 Å². The summed E-state index contributed by atoms with van der Waals surface area (Å²) < 4.78 is 0. The van der Waals surface area contributed by atoms with Gasteiger partial charge in [-0.1, -0.05) is 83.1 Å². The van der Waals surface area contributed by atoms with E-state index in [4.69, 9.17) is 12.2 Å². The van der Waals surface area contributed by atoms with Gasteiger partial charge in [-0.25, -0.2) is 0 Å². The summed E-state index contributed by atoms with van der Waals surface area (Å²) in [7, 11) is 0. The minimum atomic E-state index is 0.227. The molecule has 0 rings (SSSR count). The zero-order valence-electron chi connectivity index (χ0n) is 18.6. The fraction of sp³-hybridized carbons (Fsp3) is 0.952. The first-order valence-corrected chi connectivity index (χ1v) is 9.74. The highest BCUT2D eigenvalue weighted by Crippen LogP contribution is 2.26. The summed E-state index contributed by atoms with van der Waals surface area (Å²) in [6.07, 6.45) is 0. The van der Waals surface area contributed by atoms with Crippen LogP contribution in [0.4, 0.5) is 0 Å². The third-order valence-corrected chi connectivity index (χ3v) is 3.72. The molecule has 144 valence electrons. The van der Waals surface area contributed by atoms with Crippen LogP contribution in [-0.4, -0.2) is 41.1 Å². The standard InChI is InChI=1S/C21H44N2S/c1-18(2,3)13-22(14-19(4,5)6)17(24)23(15-20(7,8)9)16-21(10,11)12/h13-16H2,1-12H3. The first-order valence-electron chi connectivity index (χ1n) is 9.33. The molecule has 0 amide bonds. The smallest absolute Gasteiger partial charge is 0.171 e. The normalized spacial score (nSPS) is 13.8. The van der Waals surface area contributed by atoms with E-state index in [9.17, 15) is 0 Å². The van der Waals surface area contributed by atoms with Gasteiger partial charge < -0.3 is 9.80 Å². The molecule has 0 aromatic heterocycles. The number of hydrogen-bond donors (Lipinski definition) is 0. The lowest BCUT2D eigenvalue weighted by Gasteiger charge is -2.43. The second-order valence-corrected chi connectivity index (χ2v) is 12.6. The van der Waals surface area contributed by atoms with Crippen LogP contribution < -0.4 is 0 Å². The molecule has 0 aromatic carbocycles. The fourth-order valence-electron chi connectivity index (χ4n) is 2.87. The van der Waals surface area contributed by atoms with Crippen molar-refractivity contribution in [3.8, 4) is 0 Å². The molecule has 2 nitrogen and oxygen atoms in total. The molecule has 0 aromatic rings. The highest BCUT2D eigenvalue weighted by atomic mass is 32.1. The van der Waals surface area contributed by atoms with Crippen molar-refractivity contribution >= 4 is 17.3 Å². The van der Waals surface area contributed by atoms with Crippen molar-refractivity contribution in [2.45, 2.75) is 83.1 Å². The van der Waals surface area contributed by atoms with E-state index in [0.29, 0.717) is 0 Å². The first-order chi connectivity index (χ1) is 10.3. The molecule has 0 unspecified atom stereocenters. The van der Waals surface area contributed by atoms with Crippen molar-refractivity contribution < 1.29 is 0 Å². The van der Waals surface area contributed by atoms with Gasteiger partial charge in [-0.2, -0.15) is 0 Å². The summed E-state index contributed by atoms with van der Waals surface area (Å²) in [5, 5.41) is 1.02. The Kier molecular flexibility index (Phi) is 7.83. The van der Waals surface area contributed by atoms with Gasteiger partial charge in [0, 0.05) is 26.2 Å². The number of thiocarbonyl (C=S) groups is 1. The third kappa shape index (κ3) is 12.1. The van der Waals surface area contributed by atoms with Crippen molar-refractivity contribution in [2.75, 3.05) is 26.2 Å². The number of nitrogens with zero attached hydrogens (tertiary/aromatic N) is 2. The van der Waals surface area contributed by atoms with Crippen LogP contribution in [0.15, 0.2) is 0 Å². The van der Waals surface area contributed by atoms with Crippen LogP contribution in [0.2, 0.25) is 0 Å². The van der Waals surface area contributed by atoms with E-state index in [1.165, 1.54) is 0 Å². The van der Waals surface area contributed by atoms with Crippen LogP contribution in [0.3, 0.4) is 0 Å². The van der Waals surface area contributed by atoms with E-state index < -0.39 is 0 Å². The third-order valence-electron chi connectivity index (χ3n) is 3.20. The van der Waals surface area contributed by atoms with Crippen molar-refractivity contribution in [1.82, 2.24) is 9.80 Å². The predicted molar refractivity (Wildman–Crippen MR) is 114 cm³/mol. The number of hydrogen-bond acceptors (Lipinski definition) is 1. The highest BCUT2D eigenvalue weighted by Gasteiger charge is 2.30. The van der Waals surface area contributed by atoms with Crippen LogP contribution in [0.1, 0.15) is 83.1 Å². The van der Waals surface area contributed by atoms with E-state index in [-0.39, 0.29) is 21.7 Å². The topological polar surface area (TPSA) is 6.48 Å². The molecular weight excluding hydrogens is 312 g/mol. The lowest BCUT2D eigenvalue weighted by atomic mass is 9.91. The Labute approximate surface area is 158 Å². The Morgan fingerprint density at radius 1 is 0.500 bits per heavy atom. The van der Waals surface area contributed by atoms with Crippen molar-refractivity contribution in [1.29, 1.82) is 0 Å². The van der Waals surface area contributed by atoms with E-state index in [1.807, 2.05) is 0 Å². The molecule has 0 atom stereocenters. The molecule has 0 aliphatic carbocycles. The minimum Gasteiger partial charge on any atom is -0.348 e. The summed E-state index contributed by atoms with van der Waals surface area (Å²) >= 11 is 6.02. The van der Waals surface area contributed by atoms with E-state index >= 15 is 0 Å². The van der Waals surface area contributed by atoms with E-state index in [2.05, 4.69) is 92.9 Å². The van der Waals surface area contributed by atoms with Crippen LogP contribution in [-0.2, 0) is 0 Å². The molecule has 0 fully saturated rings. The largest absolute Gasteiger partial charge is 0.348 e. The van der Waals surface area contributed by atoms with E-state index in [0.717, 1.165) is 31.3 Å². The monoisotopic (exact) mass is 356 g/mol. The zero-order valence-corrected chi connectivity index (χ0v) is 19.4. The Bertz CT molecular complexity index is 330. The lowest BCUT2D eigenvalue weighted by molar-refractivity contribution is 0.161. The Balaban J connectivity index is 5.53. The molecule has 0 spiro atoms. The van der Waals surface area contributed by atoms with Crippen LogP contribution in [0.5, 0.6) is 0 Å². The summed E-state index contributed by atoms with van der Waals surface area (Å²) in [5.74, 6) is 0. The molecule has 0 N–H and O–H groups in total. The van der Waals surface area contributed by atoms with Gasteiger partial charge in [-0.3, -0.25) is 0 Å². The highest BCUT2D eigenvalue weighted by molar-refractivity contribution is 7.80. The van der Waals surface area contributed by atoms with Crippen molar-refractivity contribution in [3.05, 3.63) is 0 Å². The van der Waals surface area contributed by atoms with E-state index in [1.54, 1.807) is 0 Å². The van der Waals surface area contributed by atoms with Crippen LogP contribution in [0, 0.1) is 21.7 Å². The molecule has 0 heterocycles. The molecule has 0 bridgehead atoms. The second-order valence-electron chi connectivity index (χ2n) is 12.2. The zero-order chi connectivity index (χ0) is 19.6. The maximum absolute atomic E-state index is 6.02. The average molecular weight is 357 g/mol. The maximum atomic E-state index is 6.02. The minimum absolute atomic E-state index is 0.227. The Morgan fingerprint density at radius 2 is 0.667 bits per heavy atom. The van der Waals surface area contributed by atoms with Gasteiger partial charge in [0.2, 0.25) is 0 Å². The summed E-state index contributed by atoms with van der Waals surface area (Å²) in [4.78, 5) is 4.87. The Hall–Kier alpha value is -0.310. The maximum Gasteiger partial charge on any atom is 0.171 e. The van der Waals surface area contributed by atoms with Crippen molar-refractivity contribution in [2.24, 2.45) is 21.7 Å². The average Bonchev–Trinajstić information content (AvgIpc) is 2.17. The van der Waals surface area contributed by atoms with Crippen LogP contribution in [0.25, 0.3) is 0 Å². The molecule has 0 aliphatic rings. The van der Waals surface area contributed by atoms with Gasteiger partial charge in [0.15, 0.2) is 5.11 Å². The van der Waals surface area contributed by atoms with Gasteiger partial charge in [0.1, 0.15) is 0 Å². The molecule has 0 radical (unpaired) electrons. The summed E-state index contributed by atoms with van der Waals surface area (Å²) in [6, 6.07) is 0. The summed E-state index contributed by atoms with van der Waals surface area (Å²) in [5.41, 5.74) is 0.907. The molecule has 0 saturated carbocycles. The molecule has 0 aliphatic heterocycles. The van der Waals surface area contributed by atoms with Gasteiger partial charge in [-0.15, -0.1) is 0 Å². The molecule has 3 heteroatoms.